The summed E-state index contributed by atoms with van der Waals surface area (Å²) in [7, 11) is 0. The zero-order valence-corrected chi connectivity index (χ0v) is 20.2. The highest BCUT2D eigenvalue weighted by Crippen LogP contribution is 2.50. The van der Waals surface area contributed by atoms with Gasteiger partial charge < -0.3 is 4.90 Å². The van der Waals surface area contributed by atoms with Crippen LogP contribution in [0.3, 0.4) is 0 Å². The molecule has 0 spiro atoms. The first-order valence-electron chi connectivity index (χ1n) is 12.4. The van der Waals surface area contributed by atoms with E-state index in [4.69, 9.17) is 0 Å². The fourth-order valence-electron chi connectivity index (χ4n) is 5.64. The summed E-state index contributed by atoms with van der Waals surface area (Å²) in [5.41, 5.74) is 6.74. The van der Waals surface area contributed by atoms with E-state index in [1.54, 1.807) is 9.80 Å². The molecule has 0 N–H and O–H groups in total. The summed E-state index contributed by atoms with van der Waals surface area (Å²) in [6.07, 6.45) is 1.34. The Morgan fingerprint density at radius 3 is 1.42 bits per heavy atom. The highest BCUT2D eigenvalue weighted by molar-refractivity contribution is 5.91. The lowest BCUT2D eigenvalue weighted by molar-refractivity contribution is 0.481. The number of halogens is 2. The van der Waals surface area contributed by atoms with Crippen molar-refractivity contribution in [3.63, 3.8) is 0 Å². The van der Waals surface area contributed by atoms with Crippen LogP contribution in [0.1, 0.15) is 27.8 Å². The lowest BCUT2D eigenvalue weighted by Gasteiger charge is -2.36. The number of benzene rings is 4. The first-order valence-corrected chi connectivity index (χ1v) is 12.4. The van der Waals surface area contributed by atoms with Crippen molar-refractivity contribution in [1.29, 1.82) is 5.26 Å². The third-order valence-corrected chi connectivity index (χ3v) is 7.29. The van der Waals surface area contributed by atoms with Gasteiger partial charge in [-0.25, -0.2) is 0 Å². The van der Waals surface area contributed by atoms with Crippen LogP contribution in [-0.2, 0) is 12.8 Å². The topological polar surface area (TPSA) is 43.2 Å². The van der Waals surface area contributed by atoms with Crippen molar-refractivity contribution in [3.8, 4) is 6.07 Å². The van der Waals surface area contributed by atoms with Gasteiger partial charge in [-0.2, -0.15) is 19.0 Å². The second kappa shape index (κ2) is 8.53. The minimum atomic E-state index is -1.25. The van der Waals surface area contributed by atoms with Gasteiger partial charge in [0.05, 0.1) is 11.4 Å². The normalized spacial score (nSPS) is 13.2. The van der Waals surface area contributed by atoms with E-state index in [1.165, 1.54) is 0 Å². The van der Waals surface area contributed by atoms with Crippen LogP contribution in [0.25, 0.3) is 0 Å². The second-order valence-corrected chi connectivity index (χ2v) is 9.41. The molecular formula is C32H20F2N4. The molecule has 4 aromatic carbocycles. The Labute approximate surface area is 218 Å². The summed E-state index contributed by atoms with van der Waals surface area (Å²) in [5, 5.41) is 10.5. The molecule has 0 atom stereocenters. The molecule has 2 aliphatic rings. The summed E-state index contributed by atoms with van der Waals surface area (Å²) in [6, 6.07) is 33.0. The van der Waals surface area contributed by atoms with Gasteiger partial charge in [-0.15, -0.1) is 0 Å². The Kier molecular flexibility index (Phi) is 4.98. The molecule has 0 saturated carbocycles. The summed E-state index contributed by atoms with van der Waals surface area (Å²) >= 11 is 0. The number of para-hydroxylation sites is 4. The number of hydrogen-bond acceptors (Lipinski definition) is 4. The second-order valence-electron chi connectivity index (χ2n) is 9.41. The van der Waals surface area contributed by atoms with Crippen molar-refractivity contribution in [2.45, 2.75) is 12.8 Å². The van der Waals surface area contributed by atoms with Gasteiger partial charge >= 0.3 is 0 Å². The number of nitriles is 1. The molecule has 38 heavy (non-hydrogen) atoms. The van der Waals surface area contributed by atoms with Gasteiger partial charge in [0.15, 0.2) is 5.82 Å². The molecule has 4 nitrogen and oxygen atoms in total. The SMILES string of the molecule is N#Cc1c(N2c3ccccc3Cc3ccccc32)nc(F)c(F)c1N1c2ccccc2Cc2ccccc21. The monoisotopic (exact) mass is 498 g/mol. The Balaban J connectivity index is 1.55. The zero-order chi connectivity index (χ0) is 25.8. The fourth-order valence-corrected chi connectivity index (χ4v) is 5.64. The summed E-state index contributed by atoms with van der Waals surface area (Å²) in [6.45, 7) is 0. The number of pyridine rings is 1. The van der Waals surface area contributed by atoms with Crippen molar-refractivity contribution in [2.75, 3.05) is 9.80 Å². The standard InChI is InChI=1S/C32H20F2N4/c33-29-30(37-25-13-5-1-9-20(25)17-21-10-2-6-14-26(21)37)24(19-35)32(36-31(29)34)38-27-15-7-3-11-22(27)18-23-12-4-8-16-28(23)38/h1-16H,17-18H2. The highest BCUT2D eigenvalue weighted by Gasteiger charge is 2.35. The van der Waals surface area contributed by atoms with Crippen molar-refractivity contribution in [1.82, 2.24) is 4.98 Å². The van der Waals surface area contributed by atoms with Gasteiger partial charge in [0.2, 0.25) is 5.82 Å². The molecule has 0 radical (unpaired) electrons. The molecule has 0 unspecified atom stereocenters. The minimum Gasteiger partial charge on any atom is -0.306 e. The molecule has 0 fully saturated rings. The van der Waals surface area contributed by atoms with Gasteiger partial charge in [-0.05, 0) is 46.5 Å². The first kappa shape index (κ1) is 22.2. The van der Waals surface area contributed by atoms with E-state index in [-0.39, 0.29) is 17.1 Å². The Morgan fingerprint density at radius 2 is 1.00 bits per heavy atom. The number of aromatic nitrogens is 1. The average Bonchev–Trinajstić information content (AvgIpc) is 2.96. The molecule has 6 heteroatoms. The van der Waals surface area contributed by atoms with E-state index in [1.807, 2.05) is 97.1 Å². The molecule has 7 rings (SSSR count). The molecule has 182 valence electrons. The van der Waals surface area contributed by atoms with Crippen LogP contribution in [0.15, 0.2) is 97.1 Å². The highest BCUT2D eigenvalue weighted by atomic mass is 19.2. The van der Waals surface area contributed by atoms with Crippen molar-refractivity contribution in [2.24, 2.45) is 0 Å². The van der Waals surface area contributed by atoms with E-state index < -0.39 is 11.8 Å². The molecule has 0 saturated heterocycles. The first-order chi connectivity index (χ1) is 18.7. The molecule has 0 bridgehead atoms. The molecule has 2 aliphatic heterocycles. The molecular weight excluding hydrogens is 478 g/mol. The van der Waals surface area contributed by atoms with Crippen LogP contribution < -0.4 is 9.80 Å². The van der Waals surface area contributed by atoms with Crippen LogP contribution in [-0.4, -0.2) is 4.98 Å². The molecule has 0 amide bonds. The predicted octanol–water partition coefficient (Wildman–Crippen LogP) is 7.98. The van der Waals surface area contributed by atoms with E-state index in [0.717, 1.165) is 33.6 Å². The van der Waals surface area contributed by atoms with Crippen LogP contribution in [0.4, 0.5) is 43.0 Å². The van der Waals surface area contributed by atoms with Gasteiger partial charge in [0.1, 0.15) is 17.3 Å². The Morgan fingerprint density at radius 1 is 0.605 bits per heavy atom. The Hall–Kier alpha value is -5.02. The van der Waals surface area contributed by atoms with E-state index in [2.05, 4.69) is 11.1 Å². The average molecular weight is 499 g/mol. The lowest BCUT2D eigenvalue weighted by Crippen LogP contribution is -2.25. The van der Waals surface area contributed by atoms with Crippen LogP contribution in [0, 0.1) is 23.1 Å². The minimum absolute atomic E-state index is 0.0399. The molecule has 0 aliphatic carbocycles. The number of fused-ring (bicyclic) bond motifs is 4. The van der Waals surface area contributed by atoms with Crippen LogP contribution in [0.2, 0.25) is 0 Å². The third-order valence-electron chi connectivity index (χ3n) is 7.29. The van der Waals surface area contributed by atoms with Crippen molar-refractivity contribution in [3.05, 3.63) is 137 Å². The maximum atomic E-state index is 15.9. The maximum absolute atomic E-state index is 15.9. The van der Waals surface area contributed by atoms with Gasteiger partial charge in [-0.3, -0.25) is 4.90 Å². The number of anilines is 6. The number of nitrogens with zero attached hydrogens (tertiary/aromatic N) is 4. The summed E-state index contributed by atoms with van der Waals surface area (Å²) < 4.78 is 31.4. The largest absolute Gasteiger partial charge is 0.306 e. The summed E-state index contributed by atoms with van der Waals surface area (Å²) in [5.74, 6) is -2.35. The molecule has 3 heterocycles. The van der Waals surface area contributed by atoms with Gasteiger partial charge in [0, 0.05) is 24.2 Å². The summed E-state index contributed by atoms with van der Waals surface area (Å²) in [4.78, 5) is 7.51. The fraction of sp³-hybridized carbons (Fsp3) is 0.0625. The quantitative estimate of drug-likeness (QED) is 0.227. The Bertz CT molecular complexity index is 1700. The van der Waals surface area contributed by atoms with E-state index in [9.17, 15) is 5.26 Å². The van der Waals surface area contributed by atoms with E-state index in [0.29, 0.717) is 24.2 Å². The molecule has 5 aromatic rings. The van der Waals surface area contributed by atoms with E-state index >= 15 is 8.78 Å². The molecule has 1 aromatic heterocycles. The maximum Gasteiger partial charge on any atom is 0.253 e. The predicted molar refractivity (Wildman–Crippen MR) is 144 cm³/mol. The van der Waals surface area contributed by atoms with Crippen LogP contribution in [0.5, 0.6) is 0 Å². The number of rotatable bonds is 2. The van der Waals surface area contributed by atoms with Gasteiger partial charge in [-0.1, -0.05) is 72.8 Å². The van der Waals surface area contributed by atoms with Crippen molar-refractivity contribution < 1.29 is 8.78 Å². The lowest BCUT2D eigenvalue weighted by atomic mass is 9.93. The number of hydrogen-bond donors (Lipinski definition) is 0. The van der Waals surface area contributed by atoms with Crippen molar-refractivity contribution >= 4 is 34.3 Å². The van der Waals surface area contributed by atoms with Gasteiger partial charge in [0.25, 0.3) is 5.95 Å². The third kappa shape index (κ3) is 3.22. The zero-order valence-electron chi connectivity index (χ0n) is 20.2. The smallest absolute Gasteiger partial charge is 0.253 e. The van der Waals surface area contributed by atoms with Crippen LogP contribution >= 0.6 is 0 Å².